The highest BCUT2D eigenvalue weighted by atomic mass is 35.5. The molecule has 0 radical (unpaired) electrons. The molecule has 0 amide bonds. The van der Waals surface area contributed by atoms with Crippen molar-refractivity contribution in [1.82, 2.24) is 25.3 Å². The zero-order chi connectivity index (χ0) is 12.3. The fourth-order valence-corrected chi connectivity index (χ4v) is 1.76. The molecule has 0 fully saturated rings. The van der Waals surface area contributed by atoms with Crippen molar-refractivity contribution >= 4 is 11.6 Å². The molecule has 0 aliphatic heterocycles. The van der Waals surface area contributed by atoms with E-state index in [4.69, 9.17) is 11.6 Å². The molecule has 0 spiro atoms. The summed E-state index contributed by atoms with van der Waals surface area (Å²) in [6.07, 6.45) is 4.30. The fraction of sp³-hybridized carbons (Fsp3) is 0.364. The van der Waals surface area contributed by atoms with Crippen molar-refractivity contribution in [3.05, 3.63) is 40.9 Å². The molecule has 17 heavy (non-hydrogen) atoms. The molecule has 90 valence electrons. The third kappa shape index (κ3) is 3.01. The molecule has 0 bridgehead atoms. The molecule has 0 aliphatic rings. The van der Waals surface area contributed by atoms with Crippen LogP contribution in [0.15, 0.2) is 24.5 Å². The van der Waals surface area contributed by atoms with E-state index in [0.717, 1.165) is 17.8 Å². The van der Waals surface area contributed by atoms with E-state index in [1.807, 2.05) is 32.4 Å². The first-order valence-electron chi connectivity index (χ1n) is 5.33. The first kappa shape index (κ1) is 12.0. The Bertz CT molecular complexity index is 479. The maximum absolute atomic E-state index is 5.81. The Hall–Kier alpha value is -1.46. The molecule has 2 heterocycles. The van der Waals surface area contributed by atoms with Gasteiger partial charge in [0, 0.05) is 25.9 Å². The number of nitrogens with zero attached hydrogens (tertiary/aromatic N) is 4. The Balaban J connectivity index is 2.13. The third-order valence-electron chi connectivity index (χ3n) is 2.52. The second-order valence-corrected chi connectivity index (χ2v) is 4.27. The number of hydrogen-bond acceptors (Lipinski definition) is 4. The molecule has 0 aromatic carbocycles. The van der Waals surface area contributed by atoms with Crippen molar-refractivity contribution in [3.8, 4) is 0 Å². The van der Waals surface area contributed by atoms with Crippen LogP contribution in [0, 0.1) is 0 Å². The van der Waals surface area contributed by atoms with E-state index in [-0.39, 0.29) is 6.04 Å². The maximum Gasteiger partial charge on any atom is 0.0846 e. The van der Waals surface area contributed by atoms with E-state index >= 15 is 0 Å². The number of pyridine rings is 1. The second kappa shape index (κ2) is 5.25. The number of halogens is 1. The van der Waals surface area contributed by atoms with E-state index in [0.29, 0.717) is 5.02 Å². The van der Waals surface area contributed by atoms with Crippen LogP contribution in [0.5, 0.6) is 0 Å². The number of hydrogen-bond donors (Lipinski definition) is 1. The minimum Gasteiger partial charge on any atom is -0.311 e. The van der Waals surface area contributed by atoms with Crippen LogP contribution in [-0.2, 0) is 13.5 Å². The number of rotatable bonds is 4. The molecule has 5 nitrogen and oxygen atoms in total. The van der Waals surface area contributed by atoms with Crippen molar-refractivity contribution in [3.63, 3.8) is 0 Å². The van der Waals surface area contributed by atoms with Crippen molar-refractivity contribution in [2.24, 2.45) is 7.05 Å². The summed E-state index contributed by atoms with van der Waals surface area (Å²) in [5.41, 5.74) is 1.88. The largest absolute Gasteiger partial charge is 0.311 e. The van der Waals surface area contributed by atoms with Crippen LogP contribution in [0.3, 0.4) is 0 Å². The quantitative estimate of drug-likeness (QED) is 0.892. The van der Waals surface area contributed by atoms with Gasteiger partial charge in [0.25, 0.3) is 0 Å². The summed E-state index contributed by atoms with van der Waals surface area (Å²) >= 11 is 5.81. The predicted octanol–water partition coefficient (Wildman–Crippen LogP) is 1.37. The normalized spacial score (nSPS) is 12.6. The molecule has 2 aromatic heterocycles. The molecule has 1 unspecified atom stereocenters. The molecule has 6 heteroatoms. The molecular formula is C11H14ClN5. The maximum atomic E-state index is 5.81. The molecule has 1 atom stereocenters. The minimum atomic E-state index is 0.115. The molecule has 0 saturated carbocycles. The molecule has 2 aromatic rings. The Morgan fingerprint density at radius 1 is 1.47 bits per heavy atom. The zero-order valence-electron chi connectivity index (χ0n) is 9.76. The van der Waals surface area contributed by atoms with Crippen LogP contribution in [0.1, 0.15) is 17.4 Å². The molecular weight excluding hydrogens is 238 g/mol. The lowest BCUT2D eigenvalue weighted by Gasteiger charge is -2.13. The lowest BCUT2D eigenvalue weighted by atomic mass is 10.1. The van der Waals surface area contributed by atoms with Gasteiger partial charge < -0.3 is 5.32 Å². The van der Waals surface area contributed by atoms with Gasteiger partial charge in [0.1, 0.15) is 0 Å². The van der Waals surface area contributed by atoms with Crippen LogP contribution in [0.25, 0.3) is 0 Å². The summed E-state index contributed by atoms with van der Waals surface area (Å²) in [6.45, 7) is 0. The van der Waals surface area contributed by atoms with Crippen LogP contribution in [0.4, 0.5) is 0 Å². The van der Waals surface area contributed by atoms with Gasteiger partial charge in [-0.25, -0.2) is 0 Å². The summed E-state index contributed by atoms with van der Waals surface area (Å²) in [4.78, 5) is 4.30. The molecule has 0 saturated heterocycles. The third-order valence-corrected chi connectivity index (χ3v) is 2.74. The standard InChI is InChI=1S/C11H14ClN5/c1-13-11(5-9-7-17(2)16-15-9)10-4-3-8(12)6-14-10/h3-4,6-7,11,13H,5H2,1-2H3. The number of nitrogens with one attached hydrogen (secondary N) is 1. The van der Waals surface area contributed by atoms with Crippen LogP contribution < -0.4 is 5.32 Å². The van der Waals surface area contributed by atoms with E-state index in [1.165, 1.54) is 0 Å². The highest BCUT2D eigenvalue weighted by Crippen LogP contribution is 2.16. The highest BCUT2D eigenvalue weighted by molar-refractivity contribution is 6.30. The summed E-state index contributed by atoms with van der Waals surface area (Å²) in [5, 5.41) is 11.8. The summed E-state index contributed by atoms with van der Waals surface area (Å²) < 4.78 is 1.69. The van der Waals surface area contributed by atoms with Gasteiger partial charge >= 0.3 is 0 Å². The van der Waals surface area contributed by atoms with E-state index in [9.17, 15) is 0 Å². The second-order valence-electron chi connectivity index (χ2n) is 3.83. The Kier molecular flexibility index (Phi) is 3.71. The van der Waals surface area contributed by atoms with Crippen molar-refractivity contribution < 1.29 is 0 Å². The van der Waals surface area contributed by atoms with E-state index < -0.39 is 0 Å². The number of aromatic nitrogens is 4. The number of likely N-dealkylation sites (N-methyl/N-ethyl adjacent to an activating group) is 1. The van der Waals surface area contributed by atoms with Gasteiger partial charge in [0.05, 0.1) is 22.5 Å². The topological polar surface area (TPSA) is 55.6 Å². The monoisotopic (exact) mass is 251 g/mol. The van der Waals surface area contributed by atoms with Gasteiger partial charge in [-0.3, -0.25) is 9.67 Å². The van der Waals surface area contributed by atoms with Gasteiger partial charge in [-0.15, -0.1) is 5.10 Å². The smallest absolute Gasteiger partial charge is 0.0846 e. The zero-order valence-corrected chi connectivity index (χ0v) is 10.5. The van der Waals surface area contributed by atoms with Gasteiger partial charge in [-0.1, -0.05) is 16.8 Å². The average molecular weight is 252 g/mol. The van der Waals surface area contributed by atoms with Crippen molar-refractivity contribution in [2.45, 2.75) is 12.5 Å². The lowest BCUT2D eigenvalue weighted by molar-refractivity contribution is 0.568. The van der Waals surface area contributed by atoms with Gasteiger partial charge in [0.15, 0.2) is 0 Å². The van der Waals surface area contributed by atoms with Gasteiger partial charge in [0.2, 0.25) is 0 Å². The highest BCUT2D eigenvalue weighted by Gasteiger charge is 2.13. The van der Waals surface area contributed by atoms with Crippen molar-refractivity contribution in [1.29, 1.82) is 0 Å². The summed E-state index contributed by atoms with van der Waals surface area (Å²) in [6, 6.07) is 3.87. The fourth-order valence-electron chi connectivity index (χ4n) is 1.65. The first-order chi connectivity index (χ1) is 8.19. The van der Waals surface area contributed by atoms with E-state index in [2.05, 4.69) is 20.6 Å². The lowest BCUT2D eigenvalue weighted by Crippen LogP contribution is -2.20. The Labute approximate surface area is 105 Å². The van der Waals surface area contributed by atoms with Crippen LogP contribution >= 0.6 is 11.6 Å². The van der Waals surface area contributed by atoms with Crippen LogP contribution in [-0.4, -0.2) is 27.0 Å². The predicted molar refractivity (Wildman–Crippen MR) is 65.8 cm³/mol. The van der Waals surface area contributed by atoms with Gasteiger partial charge in [-0.2, -0.15) is 0 Å². The number of aryl methyl sites for hydroxylation is 1. The SMILES string of the molecule is CNC(Cc1cn(C)nn1)c1ccc(Cl)cn1. The summed E-state index contributed by atoms with van der Waals surface area (Å²) in [5.74, 6) is 0. The first-order valence-corrected chi connectivity index (χ1v) is 5.70. The summed E-state index contributed by atoms with van der Waals surface area (Å²) in [7, 11) is 3.75. The van der Waals surface area contributed by atoms with E-state index in [1.54, 1.807) is 10.9 Å². The molecule has 1 N–H and O–H groups in total. The van der Waals surface area contributed by atoms with Crippen LogP contribution in [0.2, 0.25) is 5.02 Å². The van der Waals surface area contributed by atoms with Crippen molar-refractivity contribution in [2.75, 3.05) is 7.05 Å². The molecule has 0 aliphatic carbocycles. The Morgan fingerprint density at radius 2 is 2.29 bits per heavy atom. The minimum absolute atomic E-state index is 0.115. The van der Waals surface area contributed by atoms with Gasteiger partial charge in [-0.05, 0) is 19.2 Å². The average Bonchev–Trinajstić information content (AvgIpc) is 2.73. The Morgan fingerprint density at radius 3 is 2.82 bits per heavy atom. The molecule has 2 rings (SSSR count).